The normalized spacial score (nSPS) is 12.2. The van der Waals surface area contributed by atoms with Crippen LogP contribution in [-0.2, 0) is 4.79 Å². The van der Waals surface area contributed by atoms with Gasteiger partial charge in [-0.1, -0.05) is 67.6 Å². The number of benzene rings is 2. The molecule has 0 unspecified atom stereocenters. The lowest BCUT2D eigenvalue weighted by molar-refractivity contribution is -0.117. The summed E-state index contributed by atoms with van der Waals surface area (Å²) in [6, 6.07) is 19.9. The van der Waals surface area contributed by atoms with Crippen LogP contribution in [0.15, 0.2) is 66.7 Å². The summed E-state index contributed by atoms with van der Waals surface area (Å²) in [5.41, 5.74) is 2.16. The maximum atomic E-state index is 12.0. The van der Waals surface area contributed by atoms with Gasteiger partial charge in [-0.2, -0.15) is 0 Å². The van der Waals surface area contributed by atoms with Crippen LogP contribution in [-0.4, -0.2) is 5.91 Å². The third kappa shape index (κ3) is 4.09. The van der Waals surface area contributed by atoms with Gasteiger partial charge < -0.3 is 5.32 Å². The van der Waals surface area contributed by atoms with Gasteiger partial charge in [0.15, 0.2) is 0 Å². The number of nitrogens with one attached hydrogen (secondary N) is 1. The van der Waals surface area contributed by atoms with Crippen molar-refractivity contribution in [1.29, 1.82) is 0 Å². The zero-order valence-electron chi connectivity index (χ0n) is 11.6. The zero-order valence-corrected chi connectivity index (χ0v) is 11.6. The lowest BCUT2D eigenvalue weighted by Gasteiger charge is -2.16. The largest absolute Gasteiger partial charge is 0.346 e. The van der Waals surface area contributed by atoms with Crippen LogP contribution in [0.5, 0.6) is 0 Å². The van der Waals surface area contributed by atoms with Gasteiger partial charge in [0, 0.05) is 6.08 Å². The first-order valence-corrected chi connectivity index (χ1v) is 6.88. The lowest BCUT2D eigenvalue weighted by atomic mass is 10.0. The highest BCUT2D eigenvalue weighted by atomic mass is 16.1. The Labute approximate surface area is 120 Å². The third-order valence-corrected chi connectivity index (χ3v) is 3.15. The molecule has 0 saturated heterocycles. The maximum Gasteiger partial charge on any atom is 0.244 e. The van der Waals surface area contributed by atoms with Gasteiger partial charge in [0.05, 0.1) is 6.04 Å². The van der Waals surface area contributed by atoms with Gasteiger partial charge in [0.1, 0.15) is 0 Å². The summed E-state index contributed by atoms with van der Waals surface area (Å²) >= 11 is 0. The Morgan fingerprint density at radius 2 is 1.65 bits per heavy atom. The van der Waals surface area contributed by atoms with Crippen LogP contribution in [0.1, 0.15) is 30.5 Å². The standard InChI is InChI=1S/C18H19NO/c1-2-17(16-11-7-4-8-12-16)19-18(20)14-13-15-9-5-3-6-10-15/h3-14,17H,2H2,1H3,(H,19,20)/b14-13+/t17-/m1/s1. The molecule has 0 heterocycles. The first-order valence-electron chi connectivity index (χ1n) is 6.88. The van der Waals surface area contributed by atoms with Gasteiger partial charge >= 0.3 is 0 Å². The molecule has 0 aromatic heterocycles. The number of carbonyl (C=O) groups excluding carboxylic acids is 1. The van der Waals surface area contributed by atoms with Gasteiger partial charge in [0.2, 0.25) is 5.91 Å². The number of hydrogen-bond acceptors (Lipinski definition) is 1. The van der Waals surface area contributed by atoms with Crippen LogP contribution in [0.4, 0.5) is 0 Å². The van der Waals surface area contributed by atoms with Crippen molar-refractivity contribution in [3.8, 4) is 0 Å². The molecule has 1 atom stereocenters. The van der Waals surface area contributed by atoms with E-state index in [1.807, 2.05) is 66.7 Å². The molecule has 0 aliphatic heterocycles. The van der Waals surface area contributed by atoms with Crippen molar-refractivity contribution in [2.24, 2.45) is 0 Å². The summed E-state index contributed by atoms with van der Waals surface area (Å²) in [4.78, 5) is 12.0. The van der Waals surface area contributed by atoms with Crippen LogP contribution in [0, 0.1) is 0 Å². The predicted molar refractivity (Wildman–Crippen MR) is 83.1 cm³/mol. The Kier molecular flexibility index (Phi) is 5.13. The van der Waals surface area contributed by atoms with E-state index in [0.29, 0.717) is 0 Å². The molecule has 0 aliphatic rings. The lowest BCUT2D eigenvalue weighted by Crippen LogP contribution is -2.26. The van der Waals surface area contributed by atoms with E-state index in [1.54, 1.807) is 6.08 Å². The molecule has 2 aromatic carbocycles. The molecule has 0 spiro atoms. The Morgan fingerprint density at radius 3 is 2.25 bits per heavy atom. The van der Waals surface area contributed by atoms with Crippen LogP contribution in [0.25, 0.3) is 6.08 Å². The van der Waals surface area contributed by atoms with Crippen LogP contribution >= 0.6 is 0 Å². The average Bonchev–Trinajstić information content (AvgIpc) is 2.52. The van der Waals surface area contributed by atoms with Crippen molar-refractivity contribution in [1.82, 2.24) is 5.32 Å². The minimum atomic E-state index is -0.0652. The van der Waals surface area contributed by atoms with Crippen LogP contribution in [0.3, 0.4) is 0 Å². The topological polar surface area (TPSA) is 29.1 Å². The van der Waals surface area contributed by atoms with E-state index in [9.17, 15) is 4.79 Å². The van der Waals surface area contributed by atoms with Crippen LogP contribution < -0.4 is 5.32 Å². The Morgan fingerprint density at radius 1 is 1.05 bits per heavy atom. The van der Waals surface area contributed by atoms with Crippen molar-refractivity contribution >= 4 is 12.0 Å². The predicted octanol–water partition coefficient (Wildman–Crippen LogP) is 3.97. The highest BCUT2D eigenvalue weighted by Gasteiger charge is 2.10. The fraction of sp³-hybridized carbons (Fsp3) is 0.167. The van der Waals surface area contributed by atoms with Crippen molar-refractivity contribution in [2.75, 3.05) is 0 Å². The molecule has 1 amide bonds. The number of rotatable bonds is 5. The molecule has 102 valence electrons. The second-order valence-electron chi connectivity index (χ2n) is 4.62. The molecule has 2 heteroatoms. The Bertz CT molecular complexity index is 560. The first kappa shape index (κ1) is 14.1. The summed E-state index contributed by atoms with van der Waals surface area (Å²) in [6.07, 6.45) is 4.28. The Balaban J connectivity index is 1.98. The SMILES string of the molecule is CC[C@@H](NC(=O)/C=C/c1ccccc1)c1ccccc1. The summed E-state index contributed by atoms with van der Waals surface area (Å²) < 4.78 is 0. The molecule has 2 aromatic rings. The van der Waals surface area contributed by atoms with E-state index >= 15 is 0 Å². The third-order valence-electron chi connectivity index (χ3n) is 3.15. The van der Waals surface area contributed by atoms with E-state index in [1.165, 1.54) is 0 Å². The van der Waals surface area contributed by atoms with E-state index in [2.05, 4.69) is 12.2 Å². The van der Waals surface area contributed by atoms with Crippen molar-refractivity contribution in [2.45, 2.75) is 19.4 Å². The van der Waals surface area contributed by atoms with Gasteiger partial charge in [-0.15, -0.1) is 0 Å². The molecular formula is C18H19NO. The van der Waals surface area contributed by atoms with Gasteiger partial charge in [-0.3, -0.25) is 4.79 Å². The molecule has 2 rings (SSSR count). The monoisotopic (exact) mass is 265 g/mol. The summed E-state index contributed by atoms with van der Waals surface area (Å²) in [5.74, 6) is -0.0652. The zero-order chi connectivity index (χ0) is 14.2. The summed E-state index contributed by atoms with van der Waals surface area (Å²) in [6.45, 7) is 2.07. The molecule has 20 heavy (non-hydrogen) atoms. The molecule has 0 bridgehead atoms. The molecular weight excluding hydrogens is 246 g/mol. The van der Waals surface area contributed by atoms with E-state index in [4.69, 9.17) is 0 Å². The molecule has 2 nitrogen and oxygen atoms in total. The number of hydrogen-bond donors (Lipinski definition) is 1. The van der Waals surface area contributed by atoms with Crippen LogP contribution in [0.2, 0.25) is 0 Å². The van der Waals surface area contributed by atoms with Crippen molar-refractivity contribution in [3.63, 3.8) is 0 Å². The fourth-order valence-corrected chi connectivity index (χ4v) is 2.06. The number of carbonyl (C=O) groups is 1. The molecule has 0 aliphatic carbocycles. The minimum Gasteiger partial charge on any atom is -0.346 e. The van der Waals surface area contributed by atoms with E-state index in [0.717, 1.165) is 17.5 Å². The molecule has 0 radical (unpaired) electrons. The van der Waals surface area contributed by atoms with Gasteiger partial charge in [-0.25, -0.2) is 0 Å². The van der Waals surface area contributed by atoms with E-state index in [-0.39, 0.29) is 11.9 Å². The van der Waals surface area contributed by atoms with Gasteiger partial charge in [-0.05, 0) is 23.6 Å². The molecule has 0 saturated carbocycles. The second kappa shape index (κ2) is 7.29. The van der Waals surface area contributed by atoms with Gasteiger partial charge in [0.25, 0.3) is 0 Å². The smallest absolute Gasteiger partial charge is 0.244 e. The molecule has 1 N–H and O–H groups in total. The summed E-state index contributed by atoms with van der Waals surface area (Å²) in [5, 5.41) is 3.03. The average molecular weight is 265 g/mol. The first-order chi connectivity index (χ1) is 9.79. The quantitative estimate of drug-likeness (QED) is 0.814. The Hall–Kier alpha value is -2.35. The van der Waals surface area contributed by atoms with Crippen molar-refractivity contribution < 1.29 is 4.79 Å². The minimum absolute atomic E-state index is 0.0594. The van der Waals surface area contributed by atoms with Crippen molar-refractivity contribution in [3.05, 3.63) is 77.9 Å². The fourth-order valence-electron chi connectivity index (χ4n) is 2.06. The van der Waals surface area contributed by atoms with E-state index < -0.39 is 0 Å². The second-order valence-corrected chi connectivity index (χ2v) is 4.62. The molecule has 0 fully saturated rings. The maximum absolute atomic E-state index is 12.0. The highest BCUT2D eigenvalue weighted by molar-refractivity contribution is 5.91. The highest BCUT2D eigenvalue weighted by Crippen LogP contribution is 2.15. The number of amides is 1. The summed E-state index contributed by atoms with van der Waals surface area (Å²) in [7, 11) is 0.